The van der Waals surface area contributed by atoms with Gasteiger partial charge in [-0.1, -0.05) is 24.6 Å². The molecular formula is C15H20N2O2. The minimum Gasteiger partial charge on any atom is -0.325 e. The molecule has 3 rings (SSSR count). The topological polar surface area (TPSA) is 69.2 Å². The lowest BCUT2D eigenvalue weighted by molar-refractivity contribution is -0.385. The maximum absolute atomic E-state index is 11.0. The highest BCUT2D eigenvalue weighted by Gasteiger charge is 2.47. The Morgan fingerprint density at radius 1 is 1.37 bits per heavy atom. The van der Waals surface area contributed by atoms with Crippen molar-refractivity contribution in [3.63, 3.8) is 0 Å². The summed E-state index contributed by atoms with van der Waals surface area (Å²) in [6, 6.07) is 7.03. The van der Waals surface area contributed by atoms with Crippen LogP contribution in [0.25, 0.3) is 0 Å². The van der Waals surface area contributed by atoms with Crippen molar-refractivity contribution in [2.75, 3.05) is 0 Å². The summed E-state index contributed by atoms with van der Waals surface area (Å²) >= 11 is 0. The van der Waals surface area contributed by atoms with E-state index in [0.717, 1.165) is 30.7 Å². The van der Waals surface area contributed by atoms with Crippen LogP contribution in [0.3, 0.4) is 0 Å². The minimum absolute atomic E-state index is 0.0768. The molecule has 3 unspecified atom stereocenters. The Morgan fingerprint density at radius 2 is 2.16 bits per heavy atom. The highest BCUT2D eigenvalue weighted by atomic mass is 16.6. The number of nitrogens with two attached hydrogens (primary N) is 1. The van der Waals surface area contributed by atoms with Gasteiger partial charge in [0.25, 0.3) is 5.69 Å². The van der Waals surface area contributed by atoms with Gasteiger partial charge in [0.15, 0.2) is 0 Å². The third-order valence-corrected chi connectivity index (χ3v) is 5.07. The van der Waals surface area contributed by atoms with Crippen LogP contribution in [0.1, 0.15) is 37.7 Å². The Bertz CT molecular complexity index is 503. The molecular weight excluding hydrogens is 240 g/mol. The summed E-state index contributed by atoms with van der Waals surface area (Å²) in [6.07, 6.45) is 6.55. The van der Waals surface area contributed by atoms with Crippen molar-refractivity contribution in [2.45, 2.75) is 44.1 Å². The predicted molar refractivity (Wildman–Crippen MR) is 73.8 cm³/mol. The molecule has 1 aromatic rings. The Kier molecular flexibility index (Phi) is 3.05. The number of hydrogen-bond acceptors (Lipinski definition) is 3. The molecule has 4 nitrogen and oxygen atoms in total. The van der Waals surface area contributed by atoms with Crippen molar-refractivity contribution in [1.29, 1.82) is 0 Å². The monoisotopic (exact) mass is 260 g/mol. The molecule has 0 radical (unpaired) electrons. The van der Waals surface area contributed by atoms with Gasteiger partial charge >= 0.3 is 0 Å². The molecule has 2 saturated carbocycles. The Balaban J connectivity index is 1.71. The van der Waals surface area contributed by atoms with E-state index in [1.54, 1.807) is 12.1 Å². The number of fused-ring (bicyclic) bond motifs is 2. The van der Waals surface area contributed by atoms with Crippen LogP contribution >= 0.6 is 0 Å². The summed E-state index contributed by atoms with van der Waals surface area (Å²) in [6.45, 7) is 0. The molecule has 2 aliphatic carbocycles. The van der Waals surface area contributed by atoms with Crippen molar-refractivity contribution in [1.82, 2.24) is 0 Å². The van der Waals surface area contributed by atoms with E-state index in [4.69, 9.17) is 5.73 Å². The van der Waals surface area contributed by atoms with Crippen molar-refractivity contribution >= 4 is 5.69 Å². The van der Waals surface area contributed by atoms with Crippen LogP contribution in [0.15, 0.2) is 24.3 Å². The minimum atomic E-state index is -0.292. The first-order valence-corrected chi connectivity index (χ1v) is 7.10. The SMILES string of the molecule is NC1(CCc2ccccc2[N+](=O)[O-])CC2CCC1C2. The summed E-state index contributed by atoms with van der Waals surface area (Å²) in [5.74, 6) is 1.45. The molecule has 19 heavy (non-hydrogen) atoms. The number of nitro benzene ring substituents is 1. The van der Waals surface area contributed by atoms with E-state index in [1.807, 2.05) is 12.1 Å². The van der Waals surface area contributed by atoms with Crippen LogP contribution in [0, 0.1) is 22.0 Å². The van der Waals surface area contributed by atoms with Gasteiger partial charge in [0.2, 0.25) is 0 Å². The Morgan fingerprint density at radius 3 is 2.79 bits per heavy atom. The summed E-state index contributed by atoms with van der Waals surface area (Å²) < 4.78 is 0. The first kappa shape index (κ1) is 12.6. The molecule has 0 amide bonds. The van der Waals surface area contributed by atoms with Crippen molar-refractivity contribution < 1.29 is 4.92 Å². The number of rotatable bonds is 4. The largest absolute Gasteiger partial charge is 0.325 e. The number of hydrogen-bond donors (Lipinski definition) is 1. The van der Waals surface area contributed by atoms with Crippen LogP contribution in [0.4, 0.5) is 5.69 Å². The van der Waals surface area contributed by atoms with Crippen molar-refractivity contribution in [3.8, 4) is 0 Å². The van der Waals surface area contributed by atoms with E-state index in [2.05, 4.69) is 0 Å². The lowest BCUT2D eigenvalue weighted by Crippen LogP contribution is -2.45. The zero-order chi connectivity index (χ0) is 13.5. The summed E-state index contributed by atoms with van der Waals surface area (Å²) in [5, 5.41) is 11.0. The quantitative estimate of drug-likeness (QED) is 0.668. The average molecular weight is 260 g/mol. The molecule has 2 N–H and O–H groups in total. The van der Waals surface area contributed by atoms with E-state index >= 15 is 0 Å². The van der Waals surface area contributed by atoms with Gasteiger partial charge in [-0.25, -0.2) is 0 Å². The normalized spacial score (nSPS) is 32.7. The van der Waals surface area contributed by atoms with Gasteiger partial charge in [0.1, 0.15) is 0 Å². The summed E-state index contributed by atoms with van der Waals surface area (Å²) in [7, 11) is 0. The van der Waals surface area contributed by atoms with E-state index in [1.165, 1.54) is 19.3 Å². The van der Waals surface area contributed by atoms with Crippen LogP contribution in [0.2, 0.25) is 0 Å². The van der Waals surface area contributed by atoms with Gasteiger partial charge in [-0.2, -0.15) is 0 Å². The fourth-order valence-corrected chi connectivity index (χ4v) is 4.06. The molecule has 2 fully saturated rings. The highest BCUT2D eigenvalue weighted by molar-refractivity contribution is 5.40. The highest BCUT2D eigenvalue weighted by Crippen LogP contribution is 2.51. The zero-order valence-electron chi connectivity index (χ0n) is 11.0. The molecule has 0 saturated heterocycles. The second-order valence-electron chi connectivity index (χ2n) is 6.20. The van der Waals surface area contributed by atoms with Gasteiger partial charge < -0.3 is 5.73 Å². The molecule has 0 aliphatic heterocycles. The van der Waals surface area contributed by atoms with E-state index < -0.39 is 0 Å². The molecule has 2 bridgehead atoms. The van der Waals surface area contributed by atoms with Gasteiger partial charge in [0, 0.05) is 17.2 Å². The number of nitrogens with zero attached hydrogens (tertiary/aromatic N) is 1. The van der Waals surface area contributed by atoms with Gasteiger partial charge in [-0.05, 0) is 43.9 Å². The number of nitro groups is 1. The van der Waals surface area contributed by atoms with Crippen molar-refractivity contribution in [3.05, 3.63) is 39.9 Å². The van der Waals surface area contributed by atoms with Gasteiger partial charge in [0.05, 0.1) is 4.92 Å². The second kappa shape index (κ2) is 4.60. The molecule has 0 spiro atoms. The van der Waals surface area contributed by atoms with Crippen LogP contribution in [0.5, 0.6) is 0 Å². The number of para-hydroxylation sites is 1. The maximum Gasteiger partial charge on any atom is 0.272 e. The van der Waals surface area contributed by atoms with Crippen LogP contribution < -0.4 is 5.73 Å². The maximum atomic E-state index is 11.0. The lowest BCUT2D eigenvalue weighted by Gasteiger charge is -2.34. The lowest BCUT2D eigenvalue weighted by atomic mass is 9.78. The third-order valence-electron chi connectivity index (χ3n) is 5.07. The van der Waals surface area contributed by atoms with Gasteiger partial charge in [-0.3, -0.25) is 10.1 Å². The Hall–Kier alpha value is -1.42. The van der Waals surface area contributed by atoms with Gasteiger partial charge in [-0.15, -0.1) is 0 Å². The number of benzene rings is 1. The van der Waals surface area contributed by atoms with E-state index in [0.29, 0.717) is 5.92 Å². The third kappa shape index (κ3) is 2.25. The van der Waals surface area contributed by atoms with Crippen molar-refractivity contribution in [2.24, 2.45) is 17.6 Å². The summed E-state index contributed by atoms with van der Waals surface area (Å²) in [5.41, 5.74) is 7.52. The standard InChI is InChI=1S/C15H20N2O2/c16-15(10-11-5-6-13(15)9-11)8-7-12-3-1-2-4-14(12)17(18)19/h1-4,11,13H,5-10,16H2. The molecule has 1 aromatic carbocycles. The van der Waals surface area contributed by atoms with Crippen LogP contribution in [-0.2, 0) is 6.42 Å². The zero-order valence-corrected chi connectivity index (χ0v) is 11.0. The first-order chi connectivity index (χ1) is 9.08. The molecule has 0 heterocycles. The summed E-state index contributed by atoms with van der Waals surface area (Å²) in [4.78, 5) is 10.7. The Labute approximate surface area is 113 Å². The van der Waals surface area contributed by atoms with E-state index in [-0.39, 0.29) is 16.1 Å². The fourth-order valence-electron chi connectivity index (χ4n) is 4.06. The molecule has 102 valence electrons. The van der Waals surface area contributed by atoms with E-state index in [9.17, 15) is 10.1 Å². The van der Waals surface area contributed by atoms with Crippen LogP contribution in [-0.4, -0.2) is 10.5 Å². The fraction of sp³-hybridized carbons (Fsp3) is 0.600. The first-order valence-electron chi connectivity index (χ1n) is 7.10. The second-order valence-corrected chi connectivity index (χ2v) is 6.20. The molecule has 2 aliphatic rings. The smallest absolute Gasteiger partial charge is 0.272 e. The average Bonchev–Trinajstić information content (AvgIpc) is 2.97. The number of aryl methyl sites for hydroxylation is 1. The predicted octanol–water partition coefficient (Wildman–Crippen LogP) is 3.04. The molecule has 4 heteroatoms. The molecule has 3 atom stereocenters. The molecule has 0 aromatic heterocycles.